The maximum atomic E-state index is 13.1. The molecular formula is C13H18F2N2. The molecule has 0 saturated carbocycles. The largest absolute Gasteiger partial charge is 0.311 e. The van der Waals surface area contributed by atoms with Gasteiger partial charge in [-0.25, -0.2) is 8.78 Å². The number of piperazine rings is 1. The summed E-state index contributed by atoms with van der Waals surface area (Å²) >= 11 is 0. The number of benzene rings is 1. The van der Waals surface area contributed by atoms with Crippen molar-refractivity contribution in [2.75, 3.05) is 20.1 Å². The Hall–Kier alpha value is -1.00. The highest BCUT2D eigenvalue weighted by Crippen LogP contribution is 2.15. The Bertz CT molecular complexity index is 395. The van der Waals surface area contributed by atoms with Gasteiger partial charge in [-0.2, -0.15) is 0 Å². The van der Waals surface area contributed by atoms with Crippen LogP contribution in [0.4, 0.5) is 8.78 Å². The molecule has 2 atom stereocenters. The van der Waals surface area contributed by atoms with Crippen molar-refractivity contribution >= 4 is 0 Å². The van der Waals surface area contributed by atoms with Crippen LogP contribution < -0.4 is 5.32 Å². The van der Waals surface area contributed by atoms with Gasteiger partial charge in [0, 0.05) is 25.2 Å². The standard InChI is InChI=1S/C13H18F2N2/c1-9-13(16-5-6-17(9)2)8-10-3-4-11(14)12(15)7-10/h3-4,7,9,13,16H,5-6,8H2,1-2H3. The molecule has 4 heteroatoms. The topological polar surface area (TPSA) is 15.3 Å². The third-order valence-corrected chi connectivity index (χ3v) is 3.59. The van der Waals surface area contributed by atoms with Gasteiger partial charge in [-0.1, -0.05) is 6.07 Å². The molecule has 1 aromatic carbocycles. The van der Waals surface area contributed by atoms with Crippen LogP contribution in [0.3, 0.4) is 0 Å². The Kier molecular flexibility index (Phi) is 3.74. The summed E-state index contributed by atoms with van der Waals surface area (Å²) in [6.45, 7) is 4.11. The third kappa shape index (κ3) is 2.82. The van der Waals surface area contributed by atoms with Crippen LogP contribution in [0.25, 0.3) is 0 Å². The maximum Gasteiger partial charge on any atom is 0.159 e. The summed E-state index contributed by atoms with van der Waals surface area (Å²) in [5, 5.41) is 3.42. The molecule has 0 amide bonds. The Labute approximate surface area is 101 Å². The summed E-state index contributed by atoms with van der Waals surface area (Å²) in [5.74, 6) is -1.55. The van der Waals surface area contributed by atoms with E-state index in [1.165, 1.54) is 12.1 Å². The quantitative estimate of drug-likeness (QED) is 0.848. The highest BCUT2D eigenvalue weighted by molar-refractivity contribution is 5.19. The fourth-order valence-corrected chi connectivity index (χ4v) is 2.27. The van der Waals surface area contributed by atoms with Gasteiger partial charge >= 0.3 is 0 Å². The van der Waals surface area contributed by atoms with Crippen LogP contribution in [0.1, 0.15) is 12.5 Å². The van der Waals surface area contributed by atoms with E-state index in [0.29, 0.717) is 12.1 Å². The van der Waals surface area contributed by atoms with E-state index in [1.807, 2.05) is 0 Å². The minimum Gasteiger partial charge on any atom is -0.311 e. The lowest BCUT2D eigenvalue weighted by Gasteiger charge is -2.38. The number of nitrogens with zero attached hydrogens (tertiary/aromatic N) is 1. The molecule has 0 aliphatic carbocycles. The lowest BCUT2D eigenvalue weighted by Crippen LogP contribution is -2.55. The van der Waals surface area contributed by atoms with E-state index in [0.717, 1.165) is 25.1 Å². The molecule has 1 aliphatic heterocycles. The Morgan fingerprint density at radius 1 is 1.35 bits per heavy atom. The smallest absolute Gasteiger partial charge is 0.159 e. The van der Waals surface area contributed by atoms with Gasteiger partial charge in [0.05, 0.1) is 0 Å². The first-order chi connectivity index (χ1) is 8.08. The summed E-state index contributed by atoms with van der Waals surface area (Å²) in [4.78, 5) is 2.28. The van der Waals surface area contributed by atoms with Crippen molar-refractivity contribution in [3.63, 3.8) is 0 Å². The molecule has 0 aromatic heterocycles. The fourth-order valence-electron chi connectivity index (χ4n) is 2.27. The zero-order valence-corrected chi connectivity index (χ0v) is 10.2. The van der Waals surface area contributed by atoms with Gasteiger partial charge in [-0.05, 0) is 38.1 Å². The summed E-state index contributed by atoms with van der Waals surface area (Å²) in [6.07, 6.45) is 0.725. The predicted octanol–water partition coefficient (Wildman–Crippen LogP) is 1.80. The average molecular weight is 240 g/mol. The molecule has 0 bridgehead atoms. The average Bonchev–Trinajstić information content (AvgIpc) is 2.30. The molecule has 2 unspecified atom stereocenters. The van der Waals surface area contributed by atoms with Gasteiger partial charge in [0.15, 0.2) is 11.6 Å². The number of rotatable bonds is 2. The molecule has 0 spiro atoms. The number of halogens is 2. The molecule has 17 heavy (non-hydrogen) atoms. The summed E-state index contributed by atoms with van der Waals surface area (Å²) in [5.41, 5.74) is 0.837. The van der Waals surface area contributed by atoms with Crippen LogP contribution >= 0.6 is 0 Å². The molecule has 1 fully saturated rings. The monoisotopic (exact) mass is 240 g/mol. The van der Waals surface area contributed by atoms with Gasteiger partial charge in [0.2, 0.25) is 0 Å². The van der Waals surface area contributed by atoms with Crippen molar-refractivity contribution in [1.29, 1.82) is 0 Å². The van der Waals surface area contributed by atoms with Crippen molar-refractivity contribution < 1.29 is 8.78 Å². The molecule has 1 aliphatic rings. The van der Waals surface area contributed by atoms with Crippen molar-refractivity contribution in [2.45, 2.75) is 25.4 Å². The van der Waals surface area contributed by atoms with E-state index in [-0.39, 0.29) is 0 Å². The maximum absolute atomic E-state index is 13.1. The van der Waals surface area contributed by atoms with Crippen LogP contribution in [0.15, 0.2) is 18.2 Å². The lowest BCUT2D eigenvalue weighted by molar-refractivity contribution is 0.163. The van der Waals surface area contributed by atoms with E-state index in [1.54, 1.807) is 6.07 Å². The van der Waals surface area contributed by atoms with E-state index in [4.69, 9.17) is 0 Å². The molecular weight excluding hydrogens is 222 g/mol. The highest BCUT2D eigenvalue weighted by Gasteiger charge is 2.25. The zero-order valence-electron chi connectivity index (χ0n) is 10.2. The second-order valence-corrected chi connectivity index (χ2v) is 4.73. The first-order valence-electron chi connectivity index (χ1n) is 5.95. The first-order valence-corrected chi connectivity index (χ1v) is 5.95. The van der Waals surface area contributed by atoms with Crippen LogP contribution in [-0.4, -0.2) is 37.1 Å². The van der Waals surface area contributed by atoms with Crippen LogP contribution in [0, 0.1) is 11.6 Å². The Morgan fingerprint density at radius 2 is 2.12 bits per heavy atom. The fraction of sp³-hybridized carbons (Fsp3) is 0.538. The van der Waals surface area contributed by atoms with Crippen LogP contribution in [0.5, 0.6) is 0 Å². The zero-order chi connectivity index (χ0) is 12.4. The number of nitrogens with one attached hydrogen (secondary N) is 1. The molecule has 1 saturated heterocycles. The molecule has 0 radical (unpaired) electrons. The highest BCUT2D eigenvalue weighted by atomic mass is 19.2. The number of hydrogen-bond donors (Lipinski definition) is 1. The van der Waals surface area contributed by atoms with E-state index >= 15 is 0 Å². The van der Waals surface area contributed by atoms with Gasteiger partial charge in [-0.3, -0.25) is 0 Å². The Morgan fingerprint density at radius 3 is 2.82 bits per heavy atom. The van der Waals surface area contributed by atoms with Crippen LogP contribution in [0.2, 0.25) is 0 Å². The molecule has 1 N–H and O–H groups in total. The third-order valence-electron chi connectivity index (χ3n) is 3.59. The van der Waals surface area contributed by atoms with Gasteiger partial charge in [0.25, 0.3) is 0 Å². The van der Waals surface area contributed by atoms with Crippen molar-refractivity contribution in [1.82, 2.24) is 10.2 Å². The van der Waals surface area contributed by atoms with Crippen molar-refractivity contribution in [2.24, 2.45) is 0 Å². The van der Waals surface area contributed by atoms with E-state index in [9.17, 15) is 8.78 Å². The molecule has 1 heterocycles. The summed E-state index contributed by atoms with van der Waals surface area (Å²) in [7, 11) is 2.09. The number of likely N-dealkylation sites (N-methyl/N-ethyl adjacent to an activating group) is 1. The second kappa shape index (κ2) is 5.10. The first kappa shape index (κ1) is 12.5. The van der Waals surface area contributed by atoms with E-state index < -0.39 is 11.6 Å². The molecule has 94 valence electrons. The summed E-state index contributed by atoms with van der Waals surface area (Å²) in [6, 6.07) is 4.83. The summed E-state index contributed by atoms with van der Waals surface area (Å²) < 4.78 is 25.9. The predicted molar refractivity (Wildman–Crippen MR) is 63.9 cm³/mol. The van der Waals surface area contributed by atoms with Crippen molar-refractivity contribution in [3.05, 3.63) is 35.4 Å². The molecule has 2 rings (SSSR count). The Balaban J connectivity index is 2.07. The molecule has 2 nitrogen and oxygen atoms in total. The van der Waals surface area contributed by atoms with E-state index in [2.05, 4.69) is 24.2 Å². The minimum absolute atomic E-state index is 0.290. The van der Waals surface area contributed by atoms with Gasteiger partial charge in [-0.15, -0.1) is 0 Å². The lowest BCUT2D eigenvalue weighted by atomic mass is 9.97. The molecule has 1 aromatic rings. The SMILES string of the molecule is CC1C(Cc2ccc(F)c(F)c2)NCCN1C. The number of hydrogen-bond acceptors (Lipinski definition) is 2. The normalized spacial score (nSPS) is 26.1. The van der Waals surface area contributed by atoms with Crippen molar-refractivity contribution in [3.8, 4) is 0 Å². The van der Waals surface area contributed by atoms with Gasteiger partial charge < -0.3 is 10.2 Å². The van der Waals surface area contributed by atoms with Crippen LogP contribution in [-0.2, 0) is 6.42 Å². The minimum atomic E-state index is -0.782. The van der Waals surface area contributed by atoms with Gasteiger partial charge in [0.1, 0.15) is 0 Å². The second-order valence-electron chi connectivity index (χ2n) is 4.73.